The second-order valence-electron chi connectivity index (χ2n) is 3.96. The molecule has 7 heteroatoms. The molecule has 2 aromatic rings. The van der Waals surface area contributed by atoms with Crippen molar-refractivity contribution in [2.45, 2.75) is 12.3 Å². The second-order valence-corrected chi connectivity index (χ2v) is 5.41. The molecule has 2 rings (SSSR count). The van der Waals surface area contributed by atoms with Gasteiger partial charge < -0.3 is 12.4 Å². The van der Waals surface area contributed by atoms with Gasteiger partial charge in [-0.3, -0.25) is 9.54 Å². The molecule has 5 nitrogen and oxygen atoms in total. The van der Waals surface area contributed by atoms with Crippen molar-refractivity contribution in [2.24, 2.45) is 0 Å². The molecule has 0 saturated heterocycles. The maximum absolute atomic E-state index is 10.7. The van der Waals surface area contributed by atoms with Crippen LogP contribution in [0.5, 0.6) is 0 Å². The Labute approximate surface area is 118 Å². The van der Waals surface area contributed by atoms with Gasteiger partial charge in [-0.1, -0.05) is 0 Å². The molecule has 0 bridgehead atoms. The first-order valence-corrected chi connectivity index (χ1v) is 6.96. The van der Waals surface area contributed by atoms with E-state index in [0.717, 1.165) is 5.56 Å². The van der Waals surface area contributed by atoms with E-state index in [2.05, 4.69) is 4.98 Å². The van der Waals surface area contributed by atoms with E-state index in [9.17, 15) is 8.42 Å². The number of rotatable bonds is 4. The van der Waals surface area contributed by atoms with Gasteiger partial charge in [-0.05, 0) is 17.7 Å². The summed E-state index contributed by atoms with van der Waals surface area (Å²) in [5, 5.41) is 0. The number of nitrogens with zero attached hydrogens (tertiary/aromatic N) is 2. The molecule has 0 spiro atoms. The van der Waals surface area contributed by atoms with Crippen LogP contribution in [0.25, 0.3) is 0 Å². The summed E-state index contributed by atoms with van der Waals surface area (Å²) in [6, 6.07) is 7.18. The Hall–Kier alpha value is -1.50. The van der Waals surface area contributed by atoms with Crippen molar-refractivity contribution in [1.29, 1.82) is 0 Å². The Kier molecular flexibility index (Phi) is 5.41. The molecule has 19 heavy (non-hydrogen) atoms. The van der Waals surface area contributed by atoms with Gasteiger partial charge >= 0.3 is 0 Å². The molecule has 0 radical (unpaired) electrons. The first-order valence-electron chi connectivity index (χ1n) is 5.35. The summed E-state index contributed by atoms with van der Waals surface area (Å²) < 4.78 is 32.1. The average Bonchev–Trinajstić information content (AvgIpc) is 2.31. The van der Waals surface area contributed by atoms with Crippen LogP contribution >= 0.6 is 0 Å². The lowest BCUT2D eigenvalue weighted by atomic mass is 10.2. The van der Waals surface area contributed by atoms with E-state index in [1.54, 1.807) is 36.9 Å². The highest BCUT2D eigenvalue weighted by molar-refractivity contribution is 7.85. The highest BCUT2D eigenvalue weighted by Gasteiger charge is 2.08. The van der Waals surface area contributed by atoms with Crippen molar-refractivity contribution in [3.05, 3.63) is 60.2 Å². The highest BCUT2D eigenvalue weighted by Crippen LogP contribution is 2.02. The SMILES string of the molecule is O=S(=O)(O)Cc1cc[n+](Cc2ccncc2)cc1.[Cl-]. The third-order valence-corrected chi connectivity index (χ3v) is 3.12. The van der Waals surface area contributed by atoms with E-state index in [4.69, 9.17) is 4.55 Å². The van der Waals surface area contributed by atoms with Crippen molar-refractivity contribution >= 4 is 10.1 Å². The Bertz CT molecular complexity index is 615. The van der Waals surface area contributed by atoms with Crippen LogP contribution in [-0.2, 0) is 22.4 Å². The molecule has 0 saturated carbocycles. The van der Waals surface area contributed by atoms with Crippen LogP contribution in [0.15, 0.2) is 49.1 Å². The molecule has 0 aliphatic heterocycles. The monoisotopic (exact) mass is 300 g/mol. The number of hydrogen-bond acceptors (Lipinski definition) is 3. The number of hydrogen-bond donors (Lipinski definition) is 1. The van der Waals surface area contributed by atoms with Gasteiger partial charge in [0.05, 0.1) is 0 Å². The quantitative estimate of drug-likeness (QED) is 0.514. The van der Waals surface area contributed by atoms with Crippen LogP contribution in [0.2, 0.25) is 0 Å². The molecule has 102 valence electrons. The molecule has 0 fully saturated rings. The van der Waals surface area contributed by atoms with Crippen LogP contribution in [-0.4, -0.2) is 18.0 Å². The predicted molar refractivity (Wildman–Crippen MR) is 65.2 cm³/mol. The van der Waals surface area contributed by atoms with E-state index < -0.39 is 10.1 Å². The van der Waals surface area contributed by atoms with Gasteiger partial charge in [0.15, 0.2) is 18.9 Å². The average molecular weight is 301 g/mol. The first-order chi connectivity index (χ1) is 8.53. The summed E-state index contributed by atoms with van der Waals surface area (Å²) in [6.07, 6.45) is 7.01. The Morgan fingerprint density at radius 3 is 2.16 bits per heavy atom. The molecule has 0 aromatic carbocycles. The third-order valence-electron chi connectivity index (χ3n) is 2.42. The minimum atomic E-state index is -3.97. The molecule has 0 atom stereocenters. The Morgan fingerprint density at radius 1 is 1.05 bits per heavy atom. The molecule has 2 heterocycles. The minimum Gasteiger partial charge on any atom is -1.00 e. The summed E-state index contributed by atoms with van der Waals surface area (Å²) in [7, 11) is -3.97. The summed E-state index contributed by atoms with van der Waals surface area (Å²) in [5.74, 6) is -0.358. The predicted octanol–water partition coefficient (Wildman–Crippen LogP) is -2.19. The van der Waals surface area contributed by atoms with Crippen LogP contribution < -0.4 is 17.0 Å². The molecule has 0 aliphatic rings. The molecule has 0 aliphatic carbocycles. The van der Waals surface area contributed by atoms with Crippen molar-refractivity contribution in [2.75, 3.05) is 0 Å². The third kappa shape index (κ3) is 5.34. The molecule has 1 N–H and O–H groups in total. The van der Waals surface area contributed by atoms with Crippen molar-refractivity contribution in [3.63, 3.8) is 0 Å². The maximum atomic E-state index is 10.7. The molecule has 0 amide bonds. The topological polar surface area (TPSA) is 71.1 Å². The molecule has 0 unspecified atom stereocenters. The summed E-state index contributed by atoms with van der Waals surface area (Å²) in [5.41, 5.74) is 1.67. The zero-order chi connectivity index (χ0) is 13.0. The maximum Gasteiger partial charge on any atom is 0.269 e. The van der Waals surface area contributed by atoms with Crippen molar-refractivity contribution in [1.82, 2.24) is 4.98 Å². The normalized spacial score (nSPS) is 10.8. The zero-order valence-electron chi connectivity index (χ0n) is 9.98. The van der Waals surface area contributed by atoms with Crippen LogP contribution in [0.3, 0.4) is 0 Å². The smallest absolute Gasteiger partial charge is 0.269 e. The van der Waals surface area contributed by atoms with E-state index in [-0.39, 0.29) is 18.2 Å². The highest BCUT2D eigenvalue weighted by atomic mass is 35.5. The minimum absolute atomic E-state index is 0. The van der Waals surface area contributed by atoms with Crippen LogP contribution in [0, 0.1) is 0 Å². The lowest BCUT2D eigenvalue weighted by molar-refractivity contribution is -0.688. The molecular formula is C12H13ClN2O3S. The summed E-state index contributed by atoms with van der Waals surface area (Å²) >= 11 is 0. The van der Waals surface area contributed by atoms with E-state index in [1.165, 1.54) is 0 Å². The summed E-state index contributed by atoms with van der Waals surface area (Å²) in [6.45, 7) is 0.689. The van der Waals surface area contributed by atoms with Crippen LogP contribution in [0.4, 0.5) is 0 Å². The van der Waals surface area contributed by atoms with Gasteiger partial charge in [0.2, 0.25) is 0 Å². The van der Waals surface area contributed by atoms with Gasteiger partial charge in [-0.15, -0.1) is 0 Å². The number of aromatic nitrogens is 2. The molecular weight excluding hydrogens is 288 g/mol. The van der Waals surface area contributed by atoms with Gasteiger partial charge in [-0.25, -0.2) is 4.57 Å². The van der Waals surface area contributed by atoms with E-state index >= 15 is 0 Å². The van der Waals surface area contributed by atoms with E-state index in [0.29, 0.717) is 12.1 Å². The fourth-order valence-corrected chi connectivity index (χ4v) is 2.21. The largest absolute Gasteiger partial charge is 1.00 e. The summed E-state index contributed by atoms with van der Waals surface area (Å²) in [4.78, 5) is 3.94. The first kappa shape index (κ1) is 15.6. The number of pyridine rings is 2. The van der Waals surface area contributed by atoms with Gasteiger partial charge in [0.1, 0.15) is 5.75 Å². The van der Waals surface area contributed by atoms with Crippen molar-refractivity contribution in [3.8, 4) is 0 Å². The standard InChI is InChI=1S/C12H12N2O3S.ClH/c15-18(16,17)10-12-3-7-14(8-4-12)9-11-1-5-13-6-2-11;/h1-8H,9-10H2;1H. The Morgan fingerprint density at radius 2 is 1.63 bits per heavy atom. The van der Waals surface area contributed by atoms with Gasteiger partial charge in [0.25, 0.3) is 10.1 Å². The van der Waals surface area contributed by atoms with Crippen molar-refractivity contribution < 1.29 is 29.9 Å². The van der Waals surface area contributed by atoms with Crippen LogP contribution in [0.1, 0.15) is 11.1 Å². The van der Waals surface area contributed by atoms with Gasteiger partial charge in [-0.2, -0.15) is 8.42 Å². The van der Waals surface area contributed by atoms with E-state index in [1.807, 2.05) is 16.7 Å². The second kappa shape index (κ2) is 6.60. The lowest BCUT2D eigenvalue weighted by Crippen LogP contribution is -3.00. The fraction of sp³-hybridized carbons (Fsp3) is 0.167. The Balaban J connectivity index is 0.00000180. The molecule has 2 aromatic heterocycles. The fourth-order valence-electron chi connectivity index (χ4n) is 1.60. The lowest BCUT2D eigenvalue weighted by Gasteiger charge is -1.99. The number of halogens is 1. The zero-order valence-corrected chi connectivity index (χ0v) is 11.5. The van der Waals surface area contributed by atoms with Gasteiger partial charge in [0, 0.05) is 30.1 Å².